The molecule has 1 amide bonds. The first kappa shape index (κ1) is 19.6. The molecule has 1 saturated carbocycles. The van der Waals surface area contributed by atoms with Crippen molar-refractivity contribution in [1.29, 1.82) is 0 Å². The van der Waals surface area contributed by atoms with E-state index < -0.39 is 0 Å². The third kappa shape index (κ3) is 4.34. The fourth-order valence-electron chi connectivity index (χ4n) is 5.68. The number of carbonyl (C=O) groups excluding carboxylic acids is 1. The minimum atomic E-state index is 0.00365. The molecule has 0 aromatic heterocycles. The van der Waals surface area contributed by atoms with Crippen LogP contribution in [0.4, 0.5) is 0 Å². The number of piperidine rings is 1. The highest BCUT2D eigenvalue weighted by molar-refractivity contribution is 5.80. The zero-order valence-electron chi connectivity index (χ0n) is 17.3. The van der Waals surface area contributed by atoms with Crippen LogP contribution < -0.4 is 16.1 Å². The van der Waals surface area contributed by atoms with Crippen molar-refractivity contribution in [3.8, 4) is 0 Å². The fourth-order valence-corrected chi connectivity index (χ4v) is 5.68. The van der Waals surface area contributed by atoms with Gasteiger partial charge in [-0.3, -0.25) is 20.4 Å². The summed E-state index contributed by atoms with van der Waals surface area (Å²) < 4.78 is 0. The fraction of sp³-hybridized carbons (Fsp3) is 0.952. The highest BCUT2D eigenvalue weighted by atomic mass is 16.2. The molecule has 0 spiro atoms. The van der Waals surface area contributed by atoms with Crippen LogP contribution in [0.5, 0.6) is 0 Å². The number of carbonyl (C=O) groups is 1. The predicted molar refractivity (Wildman–Crippen MR) is 108 cm³/mol. The smallest absolute Gasteiger partial charge is 0.227 e. The molecule has 6 nitrogen and oxygen atoms in total. The number of nitrogens with zero attached hydrogens (tertiary/aromatic N) is 2. The van der Waals surface area contributed by atoms with E-state index in [1.807, 2.05) is 0 Å². The van der Waals surface area contributed by atoms with Gasteiger partial charge in [0.1, 0.15) is 0 Å². The van der Waals surface area contributed by atoms with E-state index in [4.69, 9.17) is 0 Å². The average molecular weight is 378 g/mol. The number of rotatable bonds is 4. The number of hydrogen-bond acceptors (Lipinski definition) is 5. The van der Waals surface area contributed by atoms with Gasteiger partial charge in [-0.2, -0.15) is 0 Å². The van der Waals surface area contributed by atoms with Gasteiger partial charge < -0.3 is 5.32 Å². The lowest BCUT2D eigenvalue weighted by molar-refractivity contribution is -0.128. The molecule has 3 heterocycles. The van der Waals surface area contributed by atoms with Crippen molar-refractivity contribution in [2.45, 2.75) is 96.1 Å². The summed E-state index contributed by atoms with van der Waals surface area (Å²) >= 11 is 0. The maximum absolute atomic E-state index is 13.1. The molecule has 1 aliphatic carbocycles. The van der Waals surface area contributed by atoms with E-state index in [1.165, 1.54) is 51.6 Å². The molecule has 0 radical (unpaired) electrons. The second-order valence-corrected chi connectivity index (χ2v) is 9.34. The first-order chi connectivity index (χ1) is 13.2. The Labute approximate surface area is 164 Å². The van der Waals surface area contributed by atoms with Crippen LogP contribution in [0.25, 0.3) is 0 Å². The summed E-state index contributed by atoms with van der Waals surface area (Å²) in [5, 5.41) is 9.46. The lowest BCUT2D eigenvalue weighted by Crippen LogP contribution is -2.66. The topological polar surface area (TPSA) is 59.6 Å². The molecule has 27 heavy (non-hydrogen) atoms. The van der Waals surface area contributed by atoms with Crippen LogP contribution >= 0.6 is 0 Å². The highest BCUT2D eigenvalue weighted by Gasteiger charge is 2.47. The molecule has 0 aromatic rings. The predicted octanol–water partition coefficient (Wildman–Crippen LogP) is 2.03. The summed E-state index contributed by atoms with van der Waals surface area (Å²) in [5.41, 5.74) is 3.58. The van der Waals surface area contributed by atoms with Crippen LogP contribution in [0.3, 0.4) is 0 Å². The Morgan fingerprint density at radius 2 is 1.85 bits per heavy atom. The number of fused-ring (bicyclic) bond motifs is 1. The van der Waals surface area contributed by atoms with E-state index in [1.54, 1.807) is 0 Å². The molecule has 3 N–H and O–H groups in total. The van der Waals surface area contributed by atoms with Gasteiger partial charge in [-0.25, -0.2) is 5.01 Å². The van der Waals surface area contributed by atoms with E-state index in [9.17, 15) is 4.79 Å². The summed E-state index contributed by atoms with van der Waals surface area (Å²) in [6.45, 7) is 7.70. The molecule has 3 saturated heterocycles. The van der Waals surface area contributed by atoms with E-state index in [0.29, 0.717) is 18.2 Å². The standard InChI is InChI=1S/C21H39N5O/c1-3-16-7-9-17(10-8-16)24-21(27)18-14-22-26-19(13-15(2)23-20(18)26)25-11-5-4-6-12-25/h15-20,22-23H,3-14H2,1-2H3,(H,24,27). The molecule has 6 heteroatoms. The molecular weight excluding hydrogens is 338 g/mol. The van der Waals surface area contributed by atoms with Gasteiger partial charge in [0.05, 0.1) is 18.2 Å². The lowest BCUT2D eigenvalue weighted by Gasteiger charge is -2.47. The van der Waals surface area contributed by atoms with Crippen molar-refractivity contribution in [3.63, 3.8) is 0 Å². The van der Waals surface area contributed by atoms with Crippen LogP contribution in [0.2, 0.25) is 0 Å². The first-order valence-electron chi connectivity index (χ1n) is 11.5. The Hall–Kier alpha value is -0.690. The Morgan fingerprint density at radius 1 is 1.11 bits per heavy atom. The van der Waals surface area contributed by atoms with E-state index >= 15 is 0 Å². The van der Waals surface area contributed by atoms with Crippen molar-refractivity contribution in [1.82, 2.24) is 26.0 Å². The van der Waals surface area contributed by atoms with Gasteiger partial charge in [0.25, 0.3) is 0 Å². The Kier molecular flexibility index (Phi) is 6.37. The second-order valence-electron chi connectivity index (χ2n) is 9.34. The quantitative estimate of drug-likeness (QED) is 0.700. The monoisotopic (exact) mass is 377 g/mol. The summed E-state index contributed by atoms with van der Waals surface area (Å²) in [7, 11) is 0. The highest BCUT2D eigenvalue weighted by Crippen LogP contribution is 2.30. The maximum atomic E-state index is 13.1. The van der Waals surface area contributed by atoms with Crippen LogP contribution in [0.15, 0.2) is 0 Å². The molecule has 4 unspecified atom stereocenters. The maximum Gasteiger partial charge on any atom is 0.227 e. The van der Waals surface area contributed by atoms with Crippen molar-refractivity contribution in [2.75, 3.05) is 19.6 Å². The molecule has 4 aliphatic rings. The zero-order valence-corrected chi connectivity index (χ0v) is 17.3. The Morgan fingerprint density at radius 3 is 2.56 bits per heavy atom. The zero-order chi connectivity index (χ0) is 18.8. The van der Waals surface area contributed by atoms with Crippen molar-refractivity contribution >= 4 is 5.91 Å². The molecule has 4 fully saturated rings. The lowest BCUT2D eigenvalue weighted by atomic mass is 9.84. The van der Waals surface area contributed by atoms with Gasteiger partial charge in [0.15, 0.2) is 0 Å². The van der Waals surface area contributed by atoms with Crippen LogP contribution in [0, 0.1) is 11.8 Å². The summed E-state index contributed by atoms with van der Waals surface area (Å²) in [6, 6.07) is 0.835. The Bertz CT molecular complexity index is 501. The molecule has 0 aromatic carbocycles. The van der Waals surface area contributed by atoms with E-state index in [-0.39, 0.29) is 18.0 Å². The average Bonchev–Trinajstić information content (AvgIpc) is 3.12. The number of likely N-dealkylation sites (tertiary alicyclic amines) is 1. The molecule has 4 rings (SSSR count). The molecule has 154 valence electrons. The minimum Gasteiger partial charge on any atom is -0.353 e. The van der Waals surface area contributed by atoms with Gasteiger partial charge >= 0.3 is 0 Å². The largest absolute Gasteiger partial charge is 0.353 e. The summed E-state index contributed by atoms with van der Waals surface area (Å²) in [5.74, 6) is 1.12. The number of nitrogens with one attached hydrogen (secondary N) is 3. The van der Waals surface area contributed by atoms with Gasteiger partial charge in [-0.05, 0) is 70.9 Å². The van der Waals surface area contributed by atoms with Crippen molar-refractivity contribution in [3.05, 3.63) is 0 Å². The van der Waals surface area contributed by atoms with Crippen LogP contribution in [-0.2, 0) is 4.79 Å². The second kappa shape index (κ2) is 8.76. The normalized spacial score (nSPS) is 41.3. The van der Waals surface area contributed by atoms with Gasteiger partial charge in [-0.1, -0.05) is 19.8 Å². The molecule has 4 atom stereocenters. The third-order valence-corrected chi connectivity index (χ3v) is 7.43. The Balaban J connectivity index is 1.36. The van der Waals surface area contributed by atoms with E-state index in [2.05, 4.69) is 39.8 Å². The van der Waals surface area contributed by atoms with Gasteiger partial charge in [-0.15, -0.1) is 0 Å². The number of hydrogen-bond donors (Lipinski definition) is 3. The van der Waals surface area contributed by atoms with Gasteiger partial charge in [0.2, 0.25) is 5.91 Å². The summed E-state index contributed by atoms with van der Waals surface area (Å²) in [4.78, 5) is 15.7. The molecule has 0 bridgehead atoms. The summed E-state index contributed by atoms with van der Waals surface area (Å²) in [6.07, 6.45) is 11.8. The molecule has 3 aliphatic heterocycles. The van der Waals surface area contributed by atoms with E-state index in [0.717, 1.165) is 31.7 Å². The SMILES string of the molecule is CCC1CCC(NC(=O)C2CNN3C2NC(C)CC3N2CCCCC2)CC1. The van der Waals surface area contributed by atoms with Crippen LogP contribution in [0.1, 0.15) is 71.6 Å². The first-order valence-corrected chi connectivity index (χ1v) is 11.5. The number of amides is 1. The van der Waals surface area contributed by atoms with Crippen LogP contribution in [-0.4, -0.2) is 59.9 Å². The van der Waals surface area contributed by atoms with Crippen molar-refractivity contribution < 1.29 is 4.79 Å². The minimum absolute atomic E-state index is 0.00365. The number of hydrazine groups is 1. The molecular formula is C21H39N5O. The van der Waals surface area contributed by atoms with Gasteiger partial charge in [0, 0.05) is 18.6 Å². The van der Waals surface area contributed by atoms with Crippen molar-refractivity contribution in [2.24, 2.45) is 11.8 Å². The third-order valence-electron chi connectivity index (χ3n) is 7.43.